The highest BCUT2D eigenvalue weighted by Crippen LogP contribution is 2.37. The van der Waals surface area contributed by atoms with Crippen LogP contribution in [0.2, 0.25) is 18.1 Å². The maximum Gasteiger partial charge on any atom is 0.416 e. The Balaban J connectivity index is 2.69. The molecule has 0 aromatic heterocycles. The van der Waals surface area contributed by atoms with Gasteiger partial charge in [-0.1, -0.05) is 39.0 Å². The lowest BCUT2D eigenvalue weighted by atomic mass is 9.83. The minimum atomic E-state index is -4.40. The number of hydrogen-bond donors (Lipinski definition) is 2. The second-order valence-electron chi connectivity index (χ2n) is 7.45. The fraction of sp³-hybridized carbons (Fsp3) is 0.733. The van der Waals surface area contributed by atoms with Crippen molar-refractivity contribution in [2.75, 3.05) is 6.61 Å². The molecule has 0 amide bonds. The summed E-state index contributed by atoms with van der Waals surface area (Å²) in [5.74, 6) is 0. The quantitative estimate of drug-likeness (QED) is 0.773. The molecule has 4 N–H and O–H groups in total. The van der Waals surface area contributed by atoms with Crippen LogP contribution in [0.3, 0.4) is 0 Å². The Kier molecular flexibility index (Phi) is 5.39. The second-order valence-corrected chi connectivity index (χ2v) is 12.3. The van der Waals surface area contributed by atoms with Crippen molar-refractivity contribution in [3.63, 3.8) is 0 Å². The topological polar surface area (TPSA) is 61.3 Å². The molecule has 0 radical (unpaired) electrons. The molecule has 0 fully saturated rings. The van der Waals surface area contributed by atoms with Gasteiger partial charge in [0.15, 0.2) is 8.32 Å². The van der Waals surface area contributed by atoms with Gasteiger partial charge in [0.2, 0.25) is 0 Å². The third-order valence-electron chi connectivity index (χ3n) is 4.68. The van der Waals surface area contributed by atoms with E-state index in [9.17, 15) is 13.2 Å². The molecule has 1 aliphatic rings. The van der Waals surface area contributed by atoms with E-state index in [1.165, 1.54) is 6.08 Å². The zero-order valence-electron chi connectivity index (χ0n) is 13.9. The van der Waals surface area contributed by atoms with Crippen molar-refractivity contribution in [3.8, 4) is 0 Å². The molecule has 0 heterocycles. The van der Waals surface area contributed by atoms with Crippen LogP contribution < -0.4 is 11.5 Å². The number of allylic oxidation sites excluding steroid dienone is 2. The number of alkyl halides is 3. The van der Waals surface area contributed by atoms with Crippen molar-refractivity contribution >= 4 is 8.32 Å². The van der Waals surface area contributed by atoms with Gasteiger partial charge in [0, 0.05) is 12.6 Å². The first-order valence-corrected chi connectivity index (χ1v) is 10.3. The van der Waals surface area contributed by atoms with Crippen LogP contribution in [0.4, 0.5) is 13.2 Å². The molecule has 0 bridgehead atoms. The third kappa shape index (κ3) is 4.44. The molecular formula is C15H27F3N2OSi. The van der Waals surface area contributed by atoms with Gasteiger partial charge in [-0.15, -0.1) is 0 Å². The number of nitrogens with two attached hydrogens (primary N) is 2. The van der Waals surface area contributed by atoms with Crippen molar-refractivity contribution < 1.29 is 17.6 Å². The van der Waals surface area contributed by atoms with E-state index in [1.807, 2.05) is 0 Å². The van der Waals surface area contributed by atoms with Gasteiger partial charge in [-0.05, 0) is 24.6 Å². The number of hydrogen-bond acceptors (Lipinski definition) is 3. The Morgan fingerprint density at radius 3 is 2.23 bits per heavy atom. The molecule has 22 heavy (non-hydrogen) atoms. The van der Waals surface area contributed by atoms with Crippen LogP contribution in [-0.2, 0) is 4.43 Å². The van der Waals surface area contributed by atoms with E-state index >= 15 is 0 Å². The van der Waals surface area contributed by atoms with Gasteiger partial charge < -0.3 is 15.9 Å². The maximum absolute atomic E-state index is 12.7. The predicted molar refractivity (Wildman–Crippen MR) is 85.9 cm³/mol. The first kappa shape index (κ1) is 19.4. The van der Waals surface area contributed by atoms with Crippen molar-refractivity contribution in [1.29, 1.82) is 0 Å². The Hall–Kier alpha value is -0.633. The highest BCUT2D eigenvalue weighted by atomic mass is 28.4. The largest absolute Gasteiger partial charge is 0.417 e. The first-order valence-electron chi connectivity index (χ1n) is 7.36. The molecule has 0 aliphatic heterocycles. The molecule has 128 valence electrons. The summed E-state index contributed by atoms with van der Waals surface area (Å²) in [6, 6.07) is -0.878. The summed E-state index contributed by atoms with van der Waals surface area (Å²) < 4.78 is 44.0. The summed E-state index contributed by atoms with van der Waals surface area (Å²) in [6.07, 6.45) is -0.649. The molecule has 0 aromatic rings. The maximum atomic E-state index is 12.7. The van der Waals surface area contributed by atoms with Crippen LogP contribution in [0, 0.1) is 0 Å². The summed E-state index contributed by atoms with van der Waals surface area (Å²) in [4.78, 5) is 0. The van der Waals surface area contributed by atoms with Crippen molar-refractivity contribution in [2.24, 2.45) is 11.5 Å². The number of rotatable bonds is 4. The van der Waals surface area contributed by atoms with E-state index in [0.29, 0.717) is 13.0 Å². The second kappa shape index (κ2) is 6.11. The summed E-state index contributed by atoms with van der Waals surface area (Å²) >= 11 is 0. The van der Waals surface area contributed by atoms with Gasteiger partial charge in [-0.2, -0.15) is 13.2 Å². The van der Waals surface area contributed by atoms with E-state index in [1.54, 1.807) is 0 Å². The molecular weight excluding hydrogens is 309 g/mol. The lowest BCUT2D eigenvalue weighted by Gasteiger charge is -2.39. The minimum absolute atomic E-state index is 0.0721. The lowest BCUT2D eigenvalue weighted by molar-refractivity contribution is -0.0889. The summed E-state index contributed by atoms with van der Waals surface area (Å²) in [5, 5.41) is 0.0721. The molecule has 2 atom stereocenters. The van der Waals surface area contributed by atoms with Crippen molar-refractivity contribution in [1.82, 2.24) is 0 Å². The van der Waals surface area contributed by atoms with Gasteiger partial charge in [-0.25, -0.2) is 0 Å². The zero-order valence-corrected chi connectivity index (χ0v) is 14.9. The predicted octanol–water partition coefficient (Wildman–Crippen LogP) is 3.48. The van der Waals surface area contributed by atoms with Gasteiger partial charge >= 0.3 is 6.18 Å². The van der Waals surface area contributed by atoms with Crippen LogP contribution in [0.25, 0.3) is 0 Å². The molecule has 7 heteroatoms. The molecule has 0 saturated heterocycles. The summed E-state index contributed by atoms with van der Waals surface area (Å²) in [5.41, 5.74) is 10.3. The molecule has 1 aliphatic carbocycles. The Morgan fingerprint density at radius 2 is 1.82 bits per heavy atom. The highest BCUT2D eigenvalue weighted by Gasteiger charge is 2.40. The fourth-order valence-corrected chi connectivity index (χ4v) is 2.94. The Labute approximate surface area is 131 Å². The normalized spacial score (nSPS) is 27.0. The molecule has 0 saturated carbocycles. The average Bonchev–Trinajstić information content (AvgIpc) is 2.29. The molecule has 0 spiro atoms. The lowest BCUT2D eigenvalue weighted by Crippen LogP contribution is -2.55. The van der Waals surface area contributed by atoms with E-state index in [4.69, 9.17) is 15.9 Å². The first-order chi connectivity index (χ1) is 9.69. The fourth-order valence-electron chi connectivity index (χ4n) is 1.90. The molecule has 1 rings (SSSR count). The molecule has 2 unspecified atom stereocenters. The van der Waals surface area contributed by atoms with Crippen molar-refractivity contribution in [2.45, 2.75) is 63.1 Å². The Bertz CT molecular complexity index is 466. The van der Waals surface area contributed by atoms with Crippen LogP contribution in [-0.4, -0.2) is 32.7 Å². The molecule has 0 aromatic carbocycles. The smallest absolute Gasteiger partial charge is 0.416 e. The average molecular weight is 336 g/mol. The van der Waals surface area contributed by atoms with Crippen LogP contribution in [0.1, 0.15) is 27.2 Å². The molecule has 3 nitrogen and oxygen atoms in total. The minimum Gasteiger partial charge on any atom is -0.417 e. The van der Waals surface area contributed by atoms with E-state index in [0.717, 1.165) is 12.2 Å². The van der Waals surface area contributed by atoms with E-state index in [2.05, 4.69) is 33.9 Å². The van der Waals surface area contributed by atoms with Crippen LogP contribution in [0.5, 0.6) is 0 Å². The monoisotopic (exact) mass is 336 g/mol. The van der Waals surface area contributed by atoms with Gasteiger partial charge in [0.25, 0.3) is 0 Å². The van der Waals surface area contributed by atoms with Crippen LogP contribution in [0.15, 0.2) is 23.8 Å². The highest BCUT2D eigenvalue weighted by molar-refractivity contribution is 6.74. The number of halogens is 3. The zero-order chi connectivity index (χ0) is 17.4. The van der Waals surface area contributed by atoms with Crippen LogP contribution >= 0.6 is 0 Å². The van der Waals surface area contributed by atoms with E-state index < -0.39 is 31.6 Å². The van der Waals surface area contributed by atoms with E-state index in [-0.39, 0.29) is 5.04 Å². The van der Waals surface area contributed by atoms with Crippen molar-refractivity contribution in [3.05, 3.63) is 23.8 Å². The summed E-state index contributed by atoms with van der Waals surface area (Å²) in [7, 11) is -1.90. The van der Waals surface area contributed by atoms with Gasteiger partial charge in [-0.3, -0.25) is 0 Å². The van der Waals surface area contributed by atoms with Gasteiger partial charge in [0.1, 0.15) is 0 Å². The Morgan fingerprint density at radius 1 is 1.27 bits per heavy atom. The standard InChI is InChI=1S/C15H27F3N2OSi/c1-13(2,3)22(4,5)21-9-8-14(20)7-6-11(10-12(14)19)15(16,17)18/h6-7,10,12H,8-9,19-20H2,1-5H3. The summed E-state index contributed by atoms with van der Waals surface area (Å²) in [6.45, 7) is 11.0. The van der Waals surface area contributed by atoms with Gasteiger partial charge in [0.05, 0.1) is 11.1 Å². The SMILES string of the molecule is CC(C)(C)[Si](C)(C)OCCC1(N)C=CC(C(F)(F)F)=CC1N. The third-order valence-corrected chi connectivity index (χ3v) is 9.22.